The molecule has 0 saturated carbocycles. The van der Waals surface area contributed by atoms with Crippen molar-refractivity contribution in [1.82, 2.24) is 16.0 Å². The third-order valence-electron chi connectivity index (χ3n) is 4.36. The van der Waals surface area contributed by atoms with Crippen LogP contribution in [0.5, 0.6) is 0 Å². The second-order valence-electron chi connectivity index (χ2n) is 6.38. The molecule has 0 aliphatic carbocycles. The quantitative estimate of drug-likeness (QED) is 0.426. The van der Waals surface area contributed by atoms with Crippen molar-refractivity contribution in [3.63, 3.8) is 0 Å². The molecule has 1 aliphatic heterocycles. The fourth-order valence-electron chi connectivity index (χ4n) is 2.92. The van der Waals surface area contributed by atoms with Gasteiger partial charge in [0.15, 0.2) is 0 Å². The number of carbonyl (C=O) groups is 2. The van der Waals surface area contributed by atoms with Crippen molar-refractivity contribution in [2.45, 2.75) is 24.2 Å². The van der Waals surface area contributed by atoms with Crippen LogP contribution in [0.15, 0.2) is 29.2 Å². The topological polar surface area (TPSA) is 79.5 Å². The summed E-state index contributed by atoms with van der Waals surface area (Å²) in [6.07, 6.45) is 3.44. The molecule has 1 aromatic carbocycles. The lowest BCUT2D eigenvalue weighted by atomic mass is 9.96. The first-order chi connectivity index (χ1) is 12.7. The first kappa shape index (κ1) is 20.7. The van der Waals surface area contributed by atoms with Gasteiger partial charge in [-0.2, -0.15) is 0 Å². The minimum atomic E-state index is -0.0725. The molecule has 1 fully saturated rings. The van der Waals surface area contributed by atoms with Crippen LogP contribution < -0.4 is 16.0 Å². The molecule has 2 rings (SSSR count). The maximum Gasteiger partial charge on any atom is 0.252 e. The minimum absolute atomic E-state index is 0.0629. The summed E-state index contributed by atoms with van der Waals surface area (Å²) in [6.45, 7) is 3.81. The third-order valence-corrected chi connectivity index (χ3v) is 5.43. The summed E-state index contributed by atoms with van der Waals surface area (Å²) < 4.78 is 4.91. The van der Waals surface area contributed by atoms with E-state index in [0.717, 1.165) is 24.4 Å². The predicted octanol–water partition coefficient (Wildman–Crippen LogP) is 1.66. The summed E-state index contributed by atoms with van der Waals surface area (Å²) >= 11 is 1.38. The summed E-state index contributed by atoms with van der Waals surface area (Å²) in [6, 6.07) is 7.42. The Bertz CT molecular complexity index is 577. The average Bonchev–Trinajstić information content (AvgIpc) is 2.67. The van der Waals surface area contributed by atoms with Crippen molar-refractivity contribution >= 4 is 23.6 Å². The van der Waals surface area contributed by atoms with Crippen LogP contribution in [0, 0.1) is 5.92 Å². The molecule has 1 heterocycles. The summed E-state index contributed by atoms with van der Waals surface area (Å²) in [5, 5.41) is 9.20. The van der Waals surface area contributed by atoms with Gasteiger partial charge in [0.2, 0.25) is 5.91 Å². The van der Waals surface area contributed by atoms with E-state index in [-0.39, 0.29) is 17.6 Å². The van der Waals surface area contributed by atoms with Gasteiger partial charge in [-0.1, -0.05) is 12.1 Å². The number of nitrogens with one attached hydrogen (secondary N) is 3. The molecule has 0 aromatic heterocycles. The molecule has 1 atom stereocenters. The molecule has 1 saturated heterocycles. The lowest BCUT2D eigenvalue weighted by Gasteiger charge is -2.22. The van der Waals surface area contributed by atoms with Crippen LogP contribution in [-0.4, -0.2) is 57.5 Å². The number of rotatable bonds is 10. The van der Waals surface area contributed by atoms with Gasteiger partial charge < -0.3 is 20.7 Å². The van der Waals surface area contributed by atoms with Gasteiger partial charge in [0.1, 0.15) is 0 Å². The van der Waals surface area contributed by atoms with Crippen LogP contribution in [0.2, 0.25) is 0 Å². The van der Waals surface area contributed by atoms with Gasteiger partial charge in [0.05, 0.1) is 17.9 Å². The SMILES string of the molecule is COCCNC(=O)CSc1ccccc1C(=O)NCCC1CCCNC1. The molecule has 1 aromatic rings. The van der Waals surface area contributed by atoms with Crippen LogP contribution in [0.25, 0.3) is 0 Å². The van der Waals surface area contributed by atoms with E-state index in [2.05, 4.69) is 16.0 Å². The van der Waals surface area contributed by atoms with Crippen molar-refractivity contribution in [3.8, 4) is 0 Å². The lowest BCUT2D eigenvalue weighted by molar-refractivity contribution is -0.118. The highest BCUT2D eigenvalue weighted by Crippen LogP contribution is 2.22. The monoisotopic (exact) mass is 379 g/mol. The molecular formula is C19H29N3O3S. The van der Waals surface area contributed by atoms with E-state index in [4.69, 9.17) is 4.74 Å². The van der Waals surface area contributed by atoms with Gasteiger partial charge in [-0.25, -0.2) is 0 Å². The van der Waals surface area contributed by atoms with Crippen molar-refractivity contribution in [3.05, 3.63) is 29.8 Å². The number of methoxy groups -OCH3 is 1. The molecule has 144 valence electrons. The van der Waals surface area contributed by atoms with Gasteiger partial charge in [-0.05, 0) is 50.4 Å². The standard InChI is InChI=1S/C19H29N3O3S/c1-25-12-11-21-18(23)14-26-17-7-3-2-6-16(17)19(24)22-10-8-15-5-4-9-20-13-15/h2-3,6-7,15,20H,4-5,8-14H2,1H3,(H,21,23)(H,22,24). The van der Waals surface area contributed by atoms with Crippen molar-refractivity contribution in [2.24, 2.45) is 5.92 Å². The molecule has 7 heteroatoms. The van der Waals surface area contributed by atoms with E-state index in [1.807, 2.05) is 24.3 Å². The molecule has 2 amide bonds. The lowest BCUT2D eigenvalue weighted by Crippen LogP contribution is -2.33. The molecule has 1 unspecified atom stereocenters. The highest BCUT2D eigenvalue weighted by molar-refractivity contribution is 8.00. The van der Waals surface area contributed by atoms with Crippen LogP contribution in [0.1, 0.15) is 29.6 Å². The number of hydrogen-bond donors (Lipinski definition) is 3. The van der Waals surface area contributed by atoms with E-state index in [1.54, 1.807) is 7.11 Å². The fraction of sp³-hybridized carbons (Fsp3) is 0.579. The zero-order valence-electron chi connectivity index (χ0n) is 15.4. The summed E-state index contributed by atoms with van der Waals surface area (Å²) in [5.41, 5.74) is 0.629. The molecule has 3 N–H and O–H groups in total. The number of hydrogen-bond acceptors (Lipinski definition) is 5. The normalized spacial score (nSPS) is 16.9. The van der Waals surface area contributed by atoms with E-state index < -0.39 is 0 Å². The Morgan fingerprint density at radius 2 is 2.12 bits per heavy atom. The Hall–Kier alpha value is -1.57. The summed E-state index contributed by atoms with van der Waals surface area (Å²) in [7, 11) is 1.60. The zero-order chi connectivity index (χ0) is 18.6. The molecular weight excluding hydrogens is 350 g/mol. The van der Waals surface area contributed by atoms with Crippen LogP contribution in [-0.2, 0) is 9.53 Å². The Morgan fingerprint density at radius 1 is 1.27 bits per heavy atom. The van der Waals surface area contributed by atoms with Gasteiger partial charge in [0, 0.05) is 25.1 Å². The summed E-state index contributed by atoms with van der Waals surface area (Å²) in [5.74, 6) is 0.787. The first-order valence-electron chi connectivity index (χ1n) is 9.17. The fourth-order valence-corrected chi connectivity index (χ4v) is 3.80. The van der Waals surface area contributed by atoms with Crippen LogP contribution in [0.3, 0.4) is 0 Å². The van der Waals surface area contributed by atoms with E-state index in [1.165, 1.54) is 24.6 Å². The van der Waals surface area contributed by atoms with E-state index in [9.17, 15) is 9.59 Å². The average molecular weight is 380 g/mol. The van der Waals surface area contributed by atoms with E-state index >= 15 is 0 Å². The van der Waals surface area contributed by atoms with E-state index in [0.29, 0.717) is 31.2 Å². The maximum absolute atomic E-state index is 12.5. The van der Waals surface area contributed by atoms with Gasteiger partial charge >= 0.3 is 0 Å². The molecule has 26 heavy (non-hydrogen) atoms. The number of piperidine rings is 1. The second kappa shape index (κ2) is 11.9. The van der Waals surface area contributed by atoms with Gasteiger partial charge in [-0.3, -0.25) is 9.59 Å². The van der Waals surface area contributed by atoms with Crippen molar-refractivity contribution < 1.29 is 14.3 Å². The number of carbonyl (C=O) groups excluding carboxylic acids is 2. The third kappa shape index (κ3) is 7.35. The number of ether oxygens (including phenoxy) is 1. The Labute approximate surface area is 159 Å². The second-order valence-corrected chi connectivity index (χ2v) is 7.40. The summed E-state index contributed by atoms with van der Waals surface area (Å²) in [4.78, 5) is 25.2. The molecule has 1 aliphatic rings. The van der Waals surface area contributed by atoms with Crippen molar-refractivity contribution in [2.75, 3.05) is 45.6 Å². The highest BCUT2D eigenvalue weighted by Gasteiger charge is 2.15. The van der Waals surface area contributed by atoms with Crippen LogP contribution in [0.4, 0.5) is 0 Å². The van der Waals surface area contributed by atoms with Crippen molar-refractivity contribution in [1.29, 1.82) is 0 Å². The van der Waals surface area contributed by atoms with Gasteiger partial charge in [0.25, 0.3) is 5.91 Å². The Balaban J connectivity index is 1.78. The minimum Gasteiger partial charge on any atom is -0.383 e. The smallest absolute Gasteiger partial charge is 0.252 e. The Morgan fingerprint density at radius 3 is 2.88 bits per heavy atom. The molecule has 6 nitrogen and oxygen atoms in total. The first-order valence-corrected chi connectivity index (χ1v) is 10.2. The molecule has 0 spiro atoms. The predicted molar refractivity (Wildman–Crippen MR) is 105 cm³/mol. The Kier molecular flexibility index (Phi) is 9.52. The van der Waals surface area contributed by atoms with Gasteiger partial charge in [-0.15, -0.1) is 11.8 Å². The molecule has 0 bridgehead atoms. The number of thioether (sulfide) groups is 1. The number of amides is 2. The maximum atomic E-state index is 12.5. The largest absolute Gasteiger partial charge is 0.383 e. The zero-order valence-corrected chi connectivity index (χ0v) is 16.2. The molecule has 0 radical (unpaired) electrons. The number of benzene rings is 1. The highest BCUT2D eigenvalue weighted by atomic mass is 32.2. The van der Waals surface area contributed by atoms with Crippen LogP contribution >= 0.6 is 11.8 Å².